The lowest BCUT2D eigenvalue weighted by molar-refractivity contribution is -0.137. The van der Waals surface area contributed by atoms with E-state index in [-0.39, 0.29) is 18.8 Å². The van der Waals surface area contributed by atoms with Gasteiger partial charge in [0, 0.05) is 13.6 Å². The van der Waals surface area contributed by atoms with Crippen LogP contribution < -0.4 is 11.0 Å². The normalized spacial score (nSPS) is 11.7. The number of amides is 1. The summed E-state index contributed by atoms with van der Waals surface area (Å²) in [6, 6.07) is 11.8. The molecular formula is C18H16F3N3O2. The Labute approximate surface area is 146 Å². The smallest absolute Gasteiger partial charge is 0.350 e. The summed E-state index contributed by atoms with van der Waals surface area (Å²) in [4.78, 5) is 24.4. The molecule has 0 aliphatic heterocycles. The number of hydrogen-bond acceptors (Lipinski definition) is 2. The number of carbonyl (C=O) groups excluding carboxylic acids is 1. The van der Waals surface area contributed by atoms with Gasteiger partial charge in [-0.25, -0.2) is 4.79 Å². The minimum absolute atomic E-state index is 0.0533. The van der Waals surface area contributed by atoms with E-state index in [1.807, 2.05) is 0 Å². The van der Waals surface area contributed by atoms with E-state index in [1.54, 1.807) is 31.3 Å². The van der Waals surface area contributed by atoms with Crippen LogP contribution in [0.5, 0.6) is 0 Å². The Morgan fingerprint density at radius 3 is 2.46 bits per heavy atom. The maximum Gasteiger partial charge on any atom is 0.416 e. The number of fused-ring (bicyclic) bond motifs is 1. The average molecular weight is 363 g/mol. The standard InChI is InChI=1S/C18H16F3N3O2/c1-23-14-7-2-3-8-15(14)24(17(23)26)11-16(25)22-10-12-5-4-6-13(9-12)18(19,20)21/h2-9H,10-11H2,1H3,(H,22,25). The molecule has 136 valence electrons. The number of hydrogen-bond donors (Lipinski definition) is 1. The van der Waals surface area contributed by atoms with Crippen molar-refractivity contribution >= 4 is 16.9 Å². The Kier molecular flexibility index (Phi) is 4.58. The first kappa shape index (κ1) is 17.8. The minimum atomic E-state index is -4.43. The van der Waals surface area contributed by atoms with Gasteiger partial charge < -0.3 is 5.32 Å². The fourth-order valence-electron chi connectivity index (χ4n) is 2.77. The molecule has 1 N–H and O–H groups in total. The fourth-order valence-corrected chi connectivity index (χ4v) is 2.77. The number of imidazole rings is 1. The second-order valence-corrected chi connectivity index (χ2v) is 5.89. The SMILES string of the molecule is Cn1c(=O)n(CC(=O)NCc2cccc(C(F)(F)F)c2)c2ccccc21. The quantitative estimate of drug-likeness (QED) is 0.775. The number of aromatic nitrogens is 2. The number of rotatable bonds is 4. The molecule has 0 aliphatic rings. The number of nitrogens with one attached hydrogen (secondary N) is 1. The highest BCUT2D eigenvalue weighted by molar-refractivity contribution is 5.80. The monoisotopic (exact) mass is 363 g/mol. The van der Waals surface area contributed by atoms with E-state index in [1.165, 1.54) is 21.3 Å². The third kappa shape index (κ3) is 3.49. The molecule has 1 heterocycles. The summed E-state index contributed by atoms with van der Waals surface area (Å²) in [6.07, 6.45) is -4.43. The van der Waals surface area contributed by atoms with E-state index in [0.717, 1.165) is 12.1 Å². The van der Waals surface area contributed by atoms with Crippen LogP contribution in [0.4, 0.5) is 13.2 Å². The molecule has 0 atom stereocenters. The van der Waals surface area contributed by atoms with Crippen molar-refractivity contribution < 1.29 is 18.0 Å². The molecule has 26 heavy (non-hydrogen) atoms. The van der Waals surface area contributed by atoms with Crippen LogP contribution in [0.1, 0.15) is 11.1 Å². The molecule has 3 aromatic rings. The predicted molar refractivity (Wildman–Crippen MR) is 90.5 cm³/mol. The van der Waals surface area contributed by atoms with Crippen LogP contribution in [0, 0.1) is 0 Å². The lowest BCUT2D eigenvalue weighted by Gasteiger charge is -2.10. The van der Waals surface area contributed by atoms with Gasteiger partial charge in [-0.1, -0.05) is 24.3 Å². The molecule has 1 aromatic heterocycles. The van der Waals surface area contributed by atoms with Crippen molar-refractivity contribution in [1.29, 1.82) is 0 Å². The van der Waals surface area contributed by atoms with Gasteiger partial charge in [-0.3, -0.25) is 13.9 Å². The topological polar surface area (TPSA) is 56.0 Å². The zero-order valence-corrected chi connectivity index (χ0v) is 13.9. The van der Waals surface area contributed by atoms with E-state index in [0.29, 0.717) is 16.6 Å². The third-order valence-electron chi connectivity index (χ3n) is 4.10. The zero-order chi connectivity index (χ0) is 18.9. The molecule has 0 bridgehead atoms. The Morgan fingerprint density at radius 1 is 1.08 bits per heavy atom. The van der Waals surface area contributed by atoms with Crippen LogP contribution in [0.3, 0.4) is 0 Å². The summed E-state index contributed by atoms with van der Waals surface area (Å²) in [5.74, 6) is -0.458. The molecule has 0 radical (unpaired) electrons. The summed E-state index contributed by atoms with van der Waals surface area (Å²) >= 11 is 0. The van der Waals surface area contributed by atoms with Crippen LogP contribution in [0.15, 0.2) is 53.3 Å². The van der Waals surface area contributed by atoms with Crippen molar-refractivity contribution in [3.8, 4) is 0 Å². The van der Waals surface area contributed by atoms with E-state index < -0.39 is 17.6 Å². The molecule has 0 spiro atoms. The van der Waals surface area contributed by atoms with E-state index in [9.17, 15) is 22.8 Å². The van der Waals surface area contributed by atoms with Crippen molar-refractivity contribution in [3.05, 3.63) is 70.1 Å². The molecular weight excluding hydrogens is 347 g/mol. The highest BCUT2D eigenvalue weighted by Gasteiger charge is 2.30. The van der Waals surface area contributed by atoms with Crippen LogP contribution in [-0.4, -0.2) is 15.0 Å². The molecule has 0 fully saturated rings. The number of nitrogens with zero attached hydrogens (tertiary/aromatic N) is 2. The van der Waals surface area contributed by atoms with Crippen molar-refractivity contribution in [2.24, 2.45) is 7.05 Å². The number of aryl methyl sites for hydroxylation is 1. The Balaban J connectivity index is 1.73. The first-order chi connectivity index (χ1) is 12.3. The Morgan fingerprint density at radius 2 is 1.77 bits per heavy atom. The summed E-state index contributed by atoms with van der Waals surface area (Å²) < 4.78 is 40.9. The number of alkyl halides is 3. The molecule has 1 amide bonds. The lowest BCUT2D eigenvalue weighted by atomic mass is 10.1. The Bertz CT molecular complexity index is 1020. The van der Waals surface area contributed by atoms with Gasteiger partial charge in [0.25, 0.3) is 0 Å². The van der Waals surface area contributed by atoms with Crippen LogP contribution >= 0.6 is 0 Å². The van der Waals surface area contributed by atoms with Crippen LogP contribution in [0.2, 0.25) is 0 Å². The molecule has 0 aliphatic carbocycles. The molecule has 0 saturated heterocycles. The second-order valence-electron chi connectivity index (χ2n) is 5.89. The summed E-state index contributed by atoms with van der Waals surface area (Å²) in [5, 5.41) is 2.55. The zero-order valence-electron chi connectivity index (χ0n) is 13.9. The number of carbonyl (C=O) groups is 1. The highest BCUT2D eigenvalue weighted by Crippen LogP contribution is 2.29. The molecule has 5 nitrogen and oxygen atoms in total. The summed E-state index contributed by atoms with van der Waals surface area (Å²) in [5.41, 5.74) is 0.547. The van der Waals surface area contributed by atoms with Gasteiger partial charge in [-0.15, -0.1) is 0 Å². The number of benzene rings is 2. The van der Waals surface area contributed by atoms with Gasteiger partial charge in [0.15, 0.2) is 0 Å². The highest BCUT2D eigenvalue weighted by atomic mass is 19.4. The molecule has 0 unspecified atom stereocenters. The van der Waals surface area contributed by atoms with Crippen LogP contribution in [0.25, 0.3) is 11.0 Å². The van der Waals surface area contributed by atoms with E-state index in [2.05, 4.69) is 5.32 Å². The Hall–Kier alpha value is -3.03. The van der Waals surface area contributed by atoms with Crippen LogP contribution in [-0.2, 0) is 31.1 Å². The van der Waals surface area contributed by atoms with Gasteiger partial charge in [0.2, 0.25) is 5.91 Å². The molecule has 0 saturated carbocycles. The third-order valence-corrected chi connectivity index (χ3v) is 4.10. The average Bonchev–Trinajstić information content (AvgIpc) is 2.85. The molecule has 3 rings (SSSR count). The van der Waals surface area contributed by atoms with Crippen molar-refractivity contribution in [3.63, 3.8) is 0 Å². The van der Waals surface area contributed by atoms with Gasteiger partial charge in [0.1, 0.15) is 6.54 Å². The van der Waals surface area contributed by atoms with Crippen molar-refractivity contribution in [2.75, 3.05) is 0 Å². The van der Waals surface area contributed by atoms with Crippen molar-refractivity contribution in [1.82, 2.24) is 14.5 Å². The molecule has 2 aromatic carbocycles. The predicted octanol–water partition coefficient (Wildman–Crippen LogP) is 2.68. The van der Waals surface area contributed by atoms with Gasteiger partial charge in [-0.2, -0.15) is 13.2 Å². The van der Waals surface area contributed by atoms with E-state index >= 15 is 0 Å². The maximum atomic E-state index is 12.7. The number of para-hydroxylation sites is 2. The second kappa shape index (κ2) is 6.70. The summed E-state index contributed by atoms with van der Waals surface area (Å²) in [6.45, 7) is -0.262. The van der Waals surface area contributed by atoms with Gasteiger partial charge >= 0.3 is 11.9 Å². The van der Waals surface area contributed by atoms with E-state index in [4.69, 9.17) is 0 Å². The first-order valence-electron chi connectivity index (χ1n) is 7.84. The summed E-state index contributed by atoms with van der Waals surface area (Å²) in [7, 11) is 1.61. The largest absolute Gasteiger partial charge is 0.416 e. The minimum Gasteiger partial charge on any atom is -0.350 e. The van der Waals surface area contributed by atoms with Gasteiger partial charge in [0.05, 0.1) is 16.6 Å². The molecule has 8 heteroatoms. The fraction of sp³-hybridized carbons (Fsp3) is 0.222. The van der Waals surface area contributed by atoms with Gasteiger partial charge in [-0.05, 0) is 29.8 Å². The maximum absolute atomic E-state index is 12.7. The lowest BCUT2D eigenvalue weighted by Crippen LogP contribution is -2.32. The first-order valence-corrected chi connectivity index (χ1v) is 7.84. The van der Waals surface area contributed by atoms with Crippen molar-refractivity contribution in [2.45, 2.75) is 19.3 Å². The number of halogens is 3.